The molecule has 0 aliphatic heterocycles. The van der Waals surface area contributed by atoms with Crippen molar-refractivity contribution in [3.8, 4) is 0 Å². The quantitative estimate of drug-likeness (QED) is 0.708. The molecule has 114 valence electrons. The van der Waals surface area contributed by atoms with E-state index in [4.69, 9.17) is 4.42 Å². The molecule has 1 heterocycles. The van der Waals surface area contributed by atoms with Gasteiger partial charge in [-0.15, -0.1) is 0 Å². The molecule has 20 heavy (non-hydrogen) atoms. The van der Waals surface area contributed by atoms with Gasteiger partial charge in [0.2, 0.25) is 0 Å². The number of furan rings is 1. The highest BCUT2D eigenvalue weighted by molar-refractivity contribution is 5.00. The van der Waals surface area contributed by atoms with E-state index in [0.29, 0.717) is 5.41 Å². The van der Waals surface area contributed by atoms with Gasteiger partial charge < -0.3 is 9.73 Å². The maximum atomic E-state index is 5.54. The summed E-state index contributed by atoms with van der Waals surface area (Å²) in [5.74, 6) is 1.10. The second kappa shape index (κ2) is 7.28. The van der Waals surface area contributed by atoms with Crippen LogP contribution in [0.3, 0.4) is 0 Å². The molecule has 0 radical (unpaired) electrons. The van der Waals surface area contributed by atoms with Gasteiger partial charge in [0.05, 0.1) is 12.8 Å². The summed E-state index contributed by atoms with van der Waals surface area (Å²) in [5, 5.41) is 3.55. The Morgan fingerprint density at radius 2 is 2.20 bits per heavy atom. The maximum Gasteiger partial charge on any atom is 0.117 e. The molecule has 0 saturated heterocycles. The fraction of sp³-hybridized carbons (Fsp3) is 0.765. The Labute approximate surface area is 123 Å². The first-order chi connectivity index (χ1) is 9.67. The zero-order valence-electron chi connectivity index (χ0n) is 13.3. The lowest BCUT2D eigenvalue weighted by Crippen LogP contribution is -2.43. The molecule has 1 fully saturated rings. The molecule has 1 aromatic rings. The molecule has 0 amide bonds. The molecule has 0 aromatic carbocycles. The van der Waals surface area contributed by atoms with Crippen LogP contribution in [0.4, 0.5) is 0 Å². The average molecular weight is 278 g/mol. The van der Waals surface area contributed by atoms with Crippen molar-refractivity contribution in [2.75, 3.05) is 19.6 Å². The molecule has 1 aliphatic rings. The Morgan fingerprint density at radius 3 is 2.75 bits per heavy atom. The summed E-state index contributed by atoms with van der Waals surface area (Å²) in [5.41, 5.74) is 0.361. The van der Waals surface area contributed by atoms with Gasteiger partial charge in [-0.1, -0.05) is 27.2 Å². The minimum atomic E-state index is 0.361. The molecule has 0 spiro atoms. The third-order valence-corrected chi connectivity index (χ3v) is 4.24. The molecule has 0 bridgehead atoms. The summed E-state index contributed by atoms with van der Waals surface area (Å²) in [7, 11) is 0. The topological polar surface area (TPSA) is 28.4 Å². The molecule has 3 nitrogen and oxygen atoms in total. The van der Waals surface area contributed by atoms with Crippen molar-refractivity contribution >= 4 is 0 Å². The predicted octanol–water partition coefficient (Wildman–Crippen LogP) is 3.66. The van der Waals surface area contributed by atoms with Crippen molar-refractivity contribution in [3.63, 3.8) is 0 Å². The van der Waals surface area contributed by atoms with E-state index in [1.54, 1.807) is 6.26 Å². The summed E-state index contributed by atoms with van der Waals surface area (Å²) in [6, 6.07) is 4.86. The van der Waals surface area contributed by atoms with E-state index < -0.39 is 0 Å². The molecule has 1 N–H and O–H groups in total. The number of nitrogens with one attached hydrogen (secondary N) is 1. The van der Waals surface area contributed by atoms with Gasteiger partial charge in [0.25, 0.3) is 0 Å². The fourth-order valence-corrected chi connectivity index (χ4v) is 3.10. The zero-order chi connectivity index (χ0) is 14.4. The Kier molecular flexibility index (Phi) is 5.67. The van der Waals surface area contributed by atoms with Gasteiger partial charge in [0, 0.05) is 19.1 Å². The van der Waals surface area contributed by atoms with Crippen molar-refractivity contribution in [2.24, 2.45) is 5.41 Å². The summed E-state index contributed by atoms with van der Waals surface area (Å²) < 4.78 is 5.54. The highest BCUT2D eigenvalue weighted by Crippen LogP contribution is 2.33. The molecular formula is C17H30N2O. The Balaban J connectivity index is 1.96. The lowest BCUT2D eigenvalue weighted by atomic mass is 9.84. The van der Waals surface area contributed by atoms with Crippen molar-refractivity contribution < 1.29 is 4.42 Å². The second-order valence-electron chi connectivity index (χ2n) is 6.56. The molecule has 1 aliphatic carbocycles. The average Bonchev–Trinajstić information content (AvgIpc) is 3.15. The molecule has 1 unspecified atom stereocenters. The molecule has 1 saturated carbocycles. The van der Waals surface area contributed by atoms with Crippen molar-refractivity contribution in [3.05, 3.63) is 24.2 Å². The van der Waals surface area contributed by atoms with Gasteiger partial charge in [0.1, 0.15) is 5.76 Å². The smallest absolute Gasteiger partial charge is 0.117 e. The SMILES string of the molecule is CCCC(C)(CNCC)CN(Cc1ccco1)C1CC1. The standard InChI is InChI=1S/C17H30N2O/c1-4-10-17(3,13-18-5-2)14-19(15-8-9-15)12-16-7-6-11-20-16/h6-7,11,15,18H,4-5,8-10,12-14H2,1-3H3. The summed E-state index contributed by atoms with van der Waals surface area (Å²) in [4.78, 5) is 2.63. The molecule has 1 aromatic heterocycles. The van der Waals surface area contributed by atoms with Crippen LogP contribution in [-0.4, -0.2) is 30.6 Å². The first kappa shape index (κ1) is 15.6. The van der Waals surface area contributed by atoms with Crippen LogP contribution in [0, 0.1) is 5.41 Å². The first-order valence-corrected chi connectivity index (χ1v) is 8.14. The van der Waals surface area contributed by atoms with Crippen molar-refractivity contribution in [2.45, 2.75) is 59.0 Å². The van der Waals surface area contributed by atoms with Gasteiger partial charge in [-0.2, -0.15) is 0 Å². The third-order valence-electron chi connectivity index (χ3n) is 4.24. The van der Waals surface area contributed by atoms with E-state index in [2.05, 4.69) is 37.1 Å². The van der Waals surface area contributed by atoms with Crippen LogP contribution in [0.5, 0.6) is 0 Å². The van der Waals surface area contributed by atoms with Crippen LogP contribution < -0.4 is 5.32 Å². The highest BCUT2D eigenvalue weighted by atomic mass is 16.3. The normalized spacial score (nSPS) is 18.4. The van der Waals surface area contributed by atoms with E-state index in [1.165, 1.54) is 32.2 Å². The predicted molar refractivity (Wildman–Crippen MR) is 83.7 cm³/mol. The van der Waals surface area contributed by atoms with Crippen LogP contribution in [0.15, 0.2) is 22.8 Å². The largest absolute Gasteiger partial charge is 0.468 e. The lowest BCUT2D eigenvalue weighted by molar-refractivity contribution is 0.129. The van der Waals surface area contributed by atoms with Crippen LogP contribution in [-0.2, 0) is 6.54 Å². The molecule has 3 heteroatoms. The van der Waals surface area contributed by atoms with Gasteiger partial charge in [-0.05, 0) is 43.4 Å². The van der Waals surface area contributed by atoms with Crippen LogP contribution >= 0.6 is 0 Å². The van der Waals surface area contributed by atoms with Gasteiger partial charge >= 0.3 is 0 Å². The Bertz CT molecular complexity index is 372. The zero-order valence-corrected chi connectivity index (χ0v) is 13.3. The number of nitrogens with zero attached hydrogens (tertiary/aromatic N) is 1. The lowest BCUT2D eigenvalue weighted by Gasteiger charge is -2.35. The van der Waals surface area contributed by atoms with E-state index in [-0.39, 0.29) is 0 Å². The van der Waals surface area contributed by atoms with E-state index in [0.717, 1.165) is 31.4 Å². The van der Waals surface area contributed by atoms with Crippen LogP contribution in [0.2, 0.25) is 0 Å². The minimum Gasteiger partial charge on any atom is -0.468 e. The minimum absolute atomic E-state index is 0.361. The Hall–Kier alpha value is -0.800. The maximum absolute atomic E-state index is 5.54. The third kappa shape index (κ3) is 4.64. The molecule has 1 atom stereocenters. The number of rotatable bonds is 10. The van der Waals surface area contributed by atoms with Gasteiger partial charge in [0.15, 0.2) is 0 Å². The van der Waals surface area contributed by atoms with Crippen molar-refractivity contribution in [1.29, 1.82) is 0 Å². The molecular weight excluding hydrogens is 248 g/mol. The number of hydrogen-bond acceptors (Lipinski definition) is 3. The Morgan fingerprint density at radius 1 is 1.40 bits per heavy atom. The van der Waals surface area contributed by atoms with Crippen LogP contribution in [0.25, 0.3) is 0 Å². The fourth-order valence-electron chi connectivity index (χ4n) is 3.10. The summed E-state index contributed by atoms with van der Waals surface area (Å²) >= 11 is 0. The van der Waals surface area contributed by atoms with Gasteiger partial charge in [-0.25, -0.2) is 0 Å². The van der Waals surface area contributed by atoms with Crippen LogP contribution in [0.1, 0.15) is 52.2 Å². The van der Waals surface area contributed by atoms with Crippen molar-refractivity contribution in [1.82, 2.24) is 10.2 Å². The van der Waals surface area contributed by atoms with E-state index >= 15 is 0 Å². The highest BCUT2D eigenvalue weighted by Gasteiger charge is 2.34. The monoisotopic (exact) mass is 278 g/mol. The summed E-state index contributed by atoms with van der Waals surface area (Å²) in [6.07, 6.45) is 7.01. The summed E-state index contributed by atoms with van der Waals surface area (Å²) in [6.45, 7) is 11.2. The van der Waals surface area contributed by atoms with E-state index in [9.17, 15) is 0 Å². The van der Waals surface area contributed by atoms with Gasteiger partial charge in [-0.3, -0.25) is 4.90 Å². The first-order valence-electron chi connectivity index (χ1n) is 8.14. The second-order valence-corrected chi connectivity index (χ2v) is 6.56. The molecule has 2 rings (SSSR count). The number of hydrogen-bond donors (Lipinski definition) is 1. The van der Waals surface area contributed by atoms with E-state index in [1.807, 2.05) is 6.07 Å².